The molecule has 0 aliphatic rings. The first-order valence-corrected chi connectivity index (χ1v) is 10.7. The number of fused-ring (bicyclic) bond motifs is 1. The number of nitro benzene ring substituents is 1. The van der Waals surface area contributed by atoms with Gasteiger partial charge >= 0.3 is 11.4 Å². The van der Waals surface area contributed by atoms with Crippen LogP contribution in [0.5, 0.6) is 5.75 Å². The highest BCUT2D eigenvalue weighted by atomic mass is 35.5. The summed E-state index contributed by atoms with van der Waals surface area (Å²) in [6, 6.07) is 13.6. The molecule has 0 saturated heterocycles. The summed E-state index contributed by atoms with van der Waals surface area (Å²) in [7, 11) is 0. The molecule has 172 valence electrons. The Kier molecular flexibility index (Phi) is 6.69. The Morgan fingerprint density at radius 1 is 1.06 bits per heavy atom. The number of hydrogen-bond donors (Lipinski definition) is 1. The van der Waals surface area contributed by atoms with E-state index in [9.17, 15) is 19.7 Å². The maximum atomic E-state index is 12.7. The van der Waals surface area contributed by atoms with Gasteiger partial charge in [0.15, 0.2) is 0 Å². The van der Waals surface area contributed by atoms with Crippen LogP contribution in [-0.4, -0.2) is 20.8 Å². The van der Waals surface area contributed by atoms with E-state index in [0.29, 0.717) is 25.8 Å². The maximum absolute atomic E-state index is 12.7. The number of hydrogen-bond acceptors (Lipinski definition) is 6. The monoisotopic (exact) mass is 518 g/mol. The molecule has 9 nitrogen and oxygen atoms in total. The average Bonchev–Trinajstić information content (AvgIpc) is 2.78. The van der Waals surface area contributed by atoms with E-state index < -0.39 is 21.9 Å². The van der Waals surface area contributed by atoms with Crippen molar-refractivity contribution >= 4 is 57.6 Å². The van der Waals surface area contributed by atoms with Crippen LogP contribution in [0.25, 0.3) is 10.9 Å². The van der Waals surface area contributed by atoms with Gasteiger partial charge in [-0.2, -0.15) is 5.10 Å². The smallest absolute Gasteiger partial charge is 0.349 e. The van der Waals surface area contributed by atoms with Gasteiger partial charge in [0.2, 0.25) is 5.75 Å². The molecule has 0 aliphatic heterocycles. The van der Waals surface area contributed by atoms with Gasteiger partial charge in [0, 0.05) is 32.3 Å². The van der Waals surface area contributed by atoms with Crippen LogP contribution in [0.4, 0.5) is 5.69 Å². The molecule has 0 amide bonds. The third-order valence-electron chi connectivity index (χ3n) is 4.74. The summed E-state index contributed by atoms with van der Waals surface area (Å²) in [5.74, 6) is -0.172. The molecule has 0 aliphatic carbocycles. The molecule has 4 rings (SSSR count). The van der Waals surface area contributed by atoms with Gasteiger partial charge in [-0.3, -0.25) is 14.9 Å². The number of aromatic amines is 1. The van der Waals surface area contributed by atoms with Gasteiger partial charge in [0.25, 0.3) is 5.56 Å². The van der Waals surface area contributed by atoms with Crippen LogP contribution in [0.1, 0.15) is 11.1 Å². The fourth-order valence-electron chi connectivity index (χ4n) is 3.16. The minimum Gasteiger partial charge on any atom is -0.481 e. The summed E-state index contributed by atoms with van der Waals surface area (Å²) in [4.78, 5) is 38.6. The molecule has 0 unspecified atom stereocenters. The number of halogens is 3. The number of aromatic nitrogens is 2. The number of nitrogens with zero attached hydrogens (tertiary/aromatic N) is 3. The van der Waals surface area contributed by atoms with Crippen molar-refractivity contribution in [1.29, 1.82) is 0 Å². The largest absolute Gasteiger partial charge is 0.481 e. The number of H-pyrrole nitrogens is 1. The zero-order chi connectivity index (χ0) is 24.4. The Hall–Kier alpha value is -3.66. The fraction of sp³-hybridized carbons (Fsp3) is 0.0455. The highest BCUT2D eigenvalue weighted by molar-refractivity contribution is 6.35. The first kappa shape index (κ1) is 23.5. The topological polar surface area (TPSA) is 120 Å². The van der Waals surface area contributed by atoms with E-state index in [1.165, 1.54) is 18.2 Å². The second kappa shape index (κ2) is 9.68. The molecule has 4 aromatic rings. The molecule has 3 aromatic carbocycles. The second-order valence-corrected chi connectivity index (χ2v) is 8.24. The first-order chi connectivity index (χ1) is 16.2. The van der Waals surface area contributed by atoms with Crippen LogP contribution >= 0.6 is 34.8 Å². The predicted octanol–water partition coefficient (Wildman–Crippen LogP) is 5.02. The second-order valence-electron chi connectivity index (χ2n) is 6.96. The van der Waals surface area contributed by atoms with Crippen LogP contribution in [-0.2, 0) is 6.61 Å². The minimum absolute atomic E-state index is 0.0322. The predicted molar refractivity (Wildman–Crippen MR) is 131 cm³/mol. The zero-order valence-electron chi connectivity index (χ0n) is 17.0. The number of benzene rings is 3. The SMILES string of the molecule is O=c1[nH]c2ccccc2c(=O)n1N=Cc1cc(Cl)cc([N+](=O)[O-])c1OCc1ccc(Cl)cc1Cl. The van der Waals surface area contributed by atoms with E-state index in [1.807, 2.05) is 0 Å². The van der Waals surface area contributed by atoms with Crippen LogP contribution in [0.15, 0.2) is 69.3 Å². The Bertz CT molecular complexity index is 1580. The Morgan fingerprint density at radius 3 is 2.56 bits per heavy atom. The van der Waals surface area contributed by atoms with Gasteiger partial charge in [-0.1, -0.05) is 53.0 Å². The Balaban J connectivity index is 1.78. The van der Waals surface area contributed by atoms with Gasteiger partial charge in [-0.25, -0.2) is 4.79 Å². The van der Waals surface area contributed by atoms with Crippen molar-refractivity contribution in [3.05, 3.63) is 112 Å². The number of nitro groups is 1. The van der Waals surface area contributed by atoms with E-state index in [0.717, 1.165) is 12.3 Å². The lowest BCUT2D eigenvalue weighted by Gasteiger charge is -2.11. The van der Waals surface area contributed by atoms with Crippen molar-refractivity contribution in [2.24, 2.45) is 5.10 Å². The highest BCUT2D eigenvalue weighted by Crippen LogP contribution is 2.35. The summed E-state index contributed by atoms with van der Waals surface area (Å²) in [5, 5.41) is 16.6. The van der Waals surface area contributed by atoms with E-state index in [-0.39, 0.29) is 28.3 Å². The van der Waals surface area contributed by atoms with Crippen molar-refractivity contribution < 1.29 is 9.66 Å². The number of nitrogens with one attached hydrogen (secondary N) is 1. The van der Waals surface area contributed by atoms with E-state index in [4.69, 9.17) is 39.5 Å². The standard InChI is InChI=1S/C22H13Cl3N4O5/c23-14-6-5-12(17(25)8-14)11-34-20-13(7-15(24)9-19(20)29(32)33)10-26-28-21(30)16-3-1-2-4-18(16)27-22(28)31/h1-10H,11H2,(H,27,31). The lowest BCUT2D eigenvalue weighted by atomic mass is 10.2. The molecule has 1 aromatic heterocycles. The summed E-state index contributed by atoms with van der Waals surface area (Å²) >= 11 is 18.1. The lowest BCUT2D eigenvalue weighted by molar-refractivity contribution is -0.385. The Morgan fingerprint density at radius 2 is 1.82 bits per heavy atom. The fourth-order valence-corrected chi connectivity index (χ4v) is 3.84. The van der Waals surface area contributed by atoms with Gasteiger partial charge in [-0.05, 0) is 30.3 Å². The summed E-state index contributed by atoms with van der Waals surface area (Å²) in [6.07, 6.45) is 1.09. The van der Waals surface area contributed by atoms with Crippen molar-refractivity contribution in [3.8, 4) is 5.75 Å². The third-order valence-corrected chi connectivity index (χ3v) is 5.55. The first-order valence-electron chi connectivity index (χ1n) is 9.57. The quantitative estimate of drug-likeness (QED) is 0.218. The van der Waals surface area contributed by atoms with Crippen LogP contribution in [0.2, 0.25) is 15.1 Å². The van der Waals surface area contributed by atoms with Crippen molar-refractivity contribution in [1.82, 2.24) is 9.66 Å². The normalized spacial score (nSPS) is 11.3. The van der Waals surface area contributed by atoms with Crippen molar-refractivity contribution in [2.45, 2.75) is 6.61 Å². The molecule has 0 saturated carbocycles. The molecule has 0 atom stereocenters. The zero-order valence-corrected chi connectivity index (χ0v) is 19.3. The number of rotatable bonds is 6. The van der Waals surface area contributed by atoms with E-state index >= 15 is 0 Å². The molecule has 0 spiro atoms. The average molecular weight is 520 g/mol. The van der Waals surface area contributed by atoms with Crippen molar-refractivity contribution in [2.75, 3.05) is 0 Å². The molecule has 1 N–H and O–H groups in total. The lowest BCUT2D eigenvalue weighted by Crippen LogP contribution is -2.32. The van der Waals surface area contributed by atoms with Crippen molar-refractivity contribution in [3.63, 3.8) is 0 Å². The number of ether oxygens (including phenoxy) is 1. The van der Waals surface area contributed by atoms with E-state index in [1.54, 1.807) is 30.3 Å². The van der Waals surface area contributed by atoms with Crippen LogP contribution < -0.4 is 16.0 Å². The van der Waals surface area contributed by atoms with Gasteiger partial charge in [0.1, 0.15) is 6.61 Å². The van der Waals surface area contributed by atoms with Gasteiger partial charge in [0.05, 0.1) is 22.0 Å². The molecule has 1 heterocycles. The third kappa shape index (κ3) is 4.81. The molecule has 0 radical (unpaired) electrons. The van der Waals surface area contributed by atoms with Gasteiger partial charge < -0.3 is 9.72 Å². The minimum atomic E-state index is -0.785. The van der Waals surface area contributed by atoms with E-state index in [2.05, 4.69) is 10.1 Å². The molecular formula is C22H13Cl3N4O5. The van der Waals surface area contributed by atoms with Crippen LogP contribution in [0, 0.1) is 10.1 Å². The summed E-state index contributed by atoms with van der Waals surface area (Å²) in [6.45, 7) is -0.129. The molecule has 0 fully saturated rings. The van der Waals surface area contributed by atoms with Gasteiger partial charge in [-0.15, -0.1) is 4.68 Å². The molecule has 12 heteroatoms. The molecule has 34 heavy (non-hydrogen) atoms. The molecule has 0 bridgehead atoms. The Labute approximate surface area is 205 Å². The number of para-hydroxylation sites is 1. The summed E-state index contributed by atoms with van der Waals surface area (Å²) < 4.78 is 6.32. The highest BCUT2D eigenvalue weighted by Gasteiger charge is 2.21. The summed E-state index contributed by atoms with van der Waals surface area (Å²) in [5.41, 5.74) is -0.927. The molecular weight excluding hydrogens is 507 g/mol. The maximum Gasteiger partial charge on any atom is 0.349 e. The van der Waals surface area contributed by atoms with Crippen LogP contribution in [0.3, 0.4) is 0 Å².